The Morgan fingerprint density at radius 3 is 2.06 bits per heavy atom. The molecule has 1 saturated heterocycles. The molecule has 3 atom stereocenters. The van der Waals surface area contributed by atoms with Gasteiger partial charge >= 0.3 is 24.0 Å². The van der Waals surface area contributed by atoms with E-state index in [2.05, 4.69) is 10.6 Å². The van der Waals surface area contributed by atoms with E-state index in [0.717, 1.165) is 27.2 Å². The third-order valence-corrected chi connectivity index (χ3v) is 4.23. The minimum absolute atomic E-state index is 0.203. The predicted molar refractivity (Wildman–Crippen MR) is 107 cm³/mol. The molecule has 2 N–H and O–H groups in total. The summed E-state index contributed by atoms with van der Waals surface area (Å²) in [4.78, 5) is 48.0. The van der Waals surface area contributed by atoms with Gasteiger partial charge in [-0.05, 0) is 20.8 Å². The predicted octanol–water partition coefficient (Wildman–Crippen LogP) is -0.293. The molecule has 0 aromatic carbocycles. The van der Waals surface area contributed by atoms with Crippen molar-refractivity contribution in [2.45, 2.75) is 58.5 Å². The second kappa shape index (κ2) is 10.6. The number of amides is 1. The molecular weight excluding hydrogens is 452 g/mol. The van der Waals surface area contributed by atoms with Crippen molar-refractivity contribution in [1.29, 1.82) is 0 Å². The normalized spacial score (nSPS) is 22.3. The zero-order valence-corrected chi connectivity index (χ0v) is 19.7. The van der Waals surface area contributed by atoms with Crippen molar-refractivity contribution in [3.05, 3.63) is 11.4 Å². The molecule has 0 spiro atoms. The molecule has 1 aliphatic heterocycles. The lowest BCUT2D eigenvalue weighted by molar-refractivity contribution is -0.161. The van der Waals surface area contributed by atoms with Gasteiger partial charge in [-0.15, -0.1) is 0 Å². The van der Waals surface area contributed by atoms with Gasteiger partial charge in [-0.25, -0.2) is 9.59 Å². The first-order chi connectivity index (χ1) is 14.5. The zero-order chi connectivity index (χ0) is 24.9. The molecule has 1 fully saturated rings. The van der Waals surface area contributed by atoms with Crippen LogP contribution in [0.3, 0.4) is 0 Å². The minimum atomic E-state index is -3.89. The molecular formula is C18H28N2O11S. The lowest BCUT2D eigenvalue weighted by atomic mass is 10.1. The average molecular weight is 480 g/mol. The number of carbonyl (C=O) groups is 4. The monoisotopic (exact) mass is 480 g/mol. The number of carbonyl (C=O) groups excluding carboxylic acids is 4. The first kappa shape index (κ1) is 27.2. The molecule has 0 saturated carbocycles. The maximum absolute atomic E-state index is 12.4. The van der Waals surface area contributed by atoms with Gasteiger partial charge in [-0.3, -0.25) is 19.1 Å². The van der Waals surface area contributed by atoms with Crippen LogP contribution in [0.25, 0.3) is 0 Å². The molecule has 1 aliphatic rings. The van der Waals surface area contributed by atoms with Crippen LogP contribution in [0.15, 0.2) is 11.4 Å². The van der Waals surface area contributed by atoms with Crippen LogP contribution in [-0.2, 0) is 47.6 Å². The van der Waals surface area contributed by atoms with Gasteiger partial charge in [0.2, 0.25) is 0 Å². The van der Waals surface area contributed by atoms with Crippen molar-refractivity contribution in [2.24, 2.45) is 0 Å². The molecule has 1 rings (SSSR count). The van der Waals surface area contributed by atoms with Crippen molar-refractivity contribution in [2.75, 3.05) is 20.0 Å². The van der Waals surface area contributed by atoms with Crippen LogP contribution in [0.2, 0.25) is 0 Å². The van der Waals surface area contributed by atoms with Gasteiger partial charge < -0.3 is 24.3 Å². The Kier molecular flexibility index (Phi) is 9.03. The van der Waals surface area contributed by atoms with Gasteiger partial charge in [-0.1, -0.05) is 0 Å². The molecule has 0 radical (unpaired) electrons. The van der Waals surface area contributed by atoms with Gasteiger partial charge in [0.05, 0.1) is 31.7 Å². The molecule has 14 heteroatoms. The molecule has 0 unspecified atom stereocenters. The van der Waals surface area contributed by atoms with Crippen LogP contribution in [0, 0.1) is 0 Å². The van der Waals surface area contributed by atoms with Crippen molar-refractivity contribution in [3.8, 4) is 0 Å². The molecule has 182 valence electrons. The number of rotatable bonds is 7. The van der Waals surface area contributed by atoms with Gasteiger partial charge in [-0.2, -0.15) is 8.42 Å². The van der Waals surface area contributed by atoms with Crippen molar-refractivity contribution in [3.63, 3.8) is 0 Å². The van der Waals surface area contributed by atoms with E-state index in [9.17, 15) is 27.6 Å². The first-order valence-corrected chi connectivity index (χ1v) is 11.1. The number of nitrogens with one attached hydrogen (secondary N) is 2. The van der Waals surface area contributed by atoms with E-state index in [1.807, 2.05) is 0 Å². The van der Waals surface area contributed by atoms with Crippen LogP contribution in [0.1, 0.15) is 34.6 Å². The summed E-state index contributed by atoms with van der Waals surface area (Å²) in [5.41, 5.74) is -1.60. The van der Waals surface area contributed by atoms with E-state index in [1.165, 1.54) is 0 Å². The Balaban J connectivity index is 3.50. The van der Waals surface area contributed by atoms with Crippen LogP contribution in [0.5, 0.6) is 0 Å². The van der Waals surface area contributed by atoms with Crippen molar-refractivity contribution >= 4 is 34.1 Å². The Morgan fingerprint density at radius 1 is 1.06 bits per heavy atom. The minimum Gasteiger partial charge on any atom is -0.464 e. The molecule has 0 aromatic rings. The summed E-state index contributed by atoms with van der Waals surface area (Å²) in [6.45, 7) is 6.41. The van der Waals surface area contributed by atoms with E-state index in [0.29, 0.717) is 0 Å². The molecule has 0 aromatic heterocycles. The first-order valence-electron chi connectivity index (χ1n) is 9.32. The highest BCUT2D eigenvalue weighted by molar-refractivity contribution is 7.85. The van der Waals surface area contributed by atoms with Gasteiger partial charge in [0.15, 0.2) is 17.9 Å². The van der Waals surface area contributed by atoms with Crippen LogP contribution in [0.4, 0.5) is 4.79 Å². The summed E-state index contributed by atoms with van der Waals surface area (Å²) in [7, 11) is -2.84. The number of alkyl carbamates (subject to hydrolysis) is 1. The smallest absolute Gasteiger partial charge is 0.412 e. The third-order valence-electron chi connectivity index (χ3n) is 3.66. The summed E-state index contributed by atoms with van der Waals surface area (Å²) in [5.74, 6) is -2.63. The quantitative estimate of drug-likeness (QED) is 0.211. The molecule has 1 amide bonds. The Morgan fingerprint density at radius 2 is 1.62 bits per heavy atom. The summed E-state index contributed by atoms with van der Waals surface area (Å²) in [5, 5.41) is 4.95. The number of esters is 3. The highest BCUT2D eigenvalue weighted by atomic mass is 32.2. The number of ether oxygens (including phenoxy) is 4. The van der Waals surface area contributed by atoms with E-state index in [-0.39, 0.29) is 5.70 Å². The second-order valence-corrected chi connectivity index (χ2v) is 9.39. The largest absolute Gasteiger partial charge is 0.464 e. The van der Waals surface area contributed by atoms with E-state index < -0.39 is 70.3 Å². The standard InChI is InChI=1S/C18H28N2O11S/c1-9(21)29-14-11(8-28-32(7,25)26)19-12(15(14)30-10(2)22)13(16(23)27-6)20-17(24)31-18(3,4)5/h11,14-15,19H,8H2,1-7H3,(H,20,24)/b13-12+/t11-,14+,15+/m0/s1. The van der Waals surface area contributed by atoms with Gasteiger partial charge in [0.25, 0.3) is 10.1 Å². The van der Waals surface area contributed by atoms with Crippen LogP contribution < -0.4 is 10.6 Å². The number of hydrogen-bond acceptors (Lipinski definition) is 12. The Labute approximate surface area is 185 Å². The molecule has 0 aliphatic carbocycles. The summed E-state index contributed by atoms with van der Waals surface area (Å²) < 4.78 is 47.8. The maximum Gasteiger partial charge on any atom is 0.412 e. The Bertz CT molecular complexity index is 889. The fourth-order valence-electron chi connectivity index (χ4n) is 2.66. The number of hydrogen-bond donors (Lipinski definition) is 2. The average Bonchev–Trinajstić information content (AvgIpc) is 2.91. The lowest BCUT2D eigenvalue weighted by Crippen LogP contribution is -2.41. The third kappa shape index (κ3) is 8.70. The lowest BCUT2D eigenvalue weighted by Gasteiger charge is -2.23. The summed E-state index contributed by atoms with van der Waals surface area (Å²) in [6.07, 6.45) is -2.93. The fraction of sp³-hybridized carbons (Fsp3) is 0.667. The highest BCUT2D eigenvalue weighted by Crippen LogP contribution is 2.27. The maximum atomic E-state index is 12.4. The topological polar surface area (TPSA) is 173 Å². The molecule has 32 heavy (non-hydrogen) atoms. The van der Waals surface area contributed by atoms with Gasteiger partial charge in [0, 0.05) is 13.8 Å². The second-order valence-electron chi connectivity index (χ2n) is 7.75. The van der Waals surface area contributed by atoms with Crippen molar-refractivity contribution in [1.82, 2.24) is 10.6 Å². The fourth-order valence-corrected chi connectivity index (χ4v) is 3.06. The molecule has 13 nitrogen and oxygen atoms in total. The molecule has 1 heterocycles. The summed E-state index contributed by atoms with van der Waals surface area (Å²) in [6, 6.07) is -1.08. The highest BCUT2D eigenvalue weighted by Gasteiger charge is 2.47. The Hall–Kier alpha value is -2.87. The summed E-state index contributed by atoms with van der Waals surface area (Å²) >= 11 is 0. The van der Waals surface area contributed by atoms with Crippen LogP contribution in [-0.4, -0.2) is 76.2 Å². The number of methoxy groups -OCH3 is 1. The van der Waals surface area contributed by atoms with E-state index >= 15 is 0 Å². The van der Waals surface area contributed by atoms with E-state index in [4.69, 9.17) is 23.1 Å². The van der Waals surface area contributed by atoms with E-state index in [1.54, 1.807) is 20.8 Å². The SMILES string of the molecule is COC(=O)/C(NC(=O)OC(C)(C)C)=C1\N[C@@H](COS(C)(=O)=O)[C@@H](OC(C)=O)[C@@H]1OC(C)=O. The molecule has 0 bridgehead atoms. The van der Waals surface area contributed by atoms with Crippen molar-refractivity contribution < 1.29 is 50.7 Å². The van der Waals surface area contributed by atoms with Gasteiger partial charge in [0.1, 0.15) is 5.60 Å². The zero-order valence-electron chi connectivity index (χ0n) is 18.8. The van der Waals surface area contributed by atoms with Crippen LogP contribution >= 0.6 is 0 Å².